The predicted octanol–water partition coefficient (Wildman–Crippen LogP) is 2.99. The van der Waals surface area contributed by atoms with E-state index in [2.05, 4.69) is 25.7 Å². The topological polar surface area (TPSA) is 116 Å². The van der Waals surface area contributed by atoms with E-state index >= 15 is 0 Å². The number of alkyl halides is 6. The third kappa shape index (κ3) is 6.95. The number of piperidine rings is 1. The van der Waals surface area contributed by atoms with Crippen molar-refractivity contribution in [1.82, 2.24) is 25.5 Å². The number of amides is 1. The second-order valence-corrected chi connectivity index (χ2v) is 8.12. The summed E-state index contributed by atoms with van der Waals surface area (Å²) < 4.78 is 77.2. The monoisotopic (exact) mass is 519 g/mol. The second kappa shape index (κ2) is 11.0. The van der Waals surface area contributed by atoms with Gasteiger partial charge in [0.25, 0.3) is 5.56 Å². The third-order valence-corrected chi connectivity index (χ3v) is 5.46. The van der Waals surface area contributed by atoms with Crippen LogP contribution in [0.25, 0.3) is 0 Å². The predicted molar refractivity (Wildman–Crippen MR) is 117 cm³/mol. The zero-order chi connectivity index (χ0) is 26.5. The molecule has 1 saturated heterocycles. The van der Waals surface area contributed by atoms with Crippen LogP contribution in [0, 0.1) is 5.92 Å². The Kier molecular flexibility index (Phi) is 8.20. The van der Waals surface area contributed by atoms with E-state index in [0.717, 1.165) is 18.6 Å². The van der Waals surface area contributed by atoms with Crippen molar-refractivity contribution in [3.8, 4) is 0 Å². The van der Waals surface area contributed by atoms with Gasteiger partial charge in [0, 0.05) is 44.0 Å². The highest BCUT2D eigenvalue weighted by Gasteiger charge is 2.37. The van der Waals surface area contributed by atoms with Gasteiger partial charge in [0.1, 0.15) is 5.56 Å². The molecule has 0 bridgehead atoms. The lowest BCUT2D eigenvalue weighted by Crippen LogP contribution is -2.41. The average molecular weight is 519 g/mol. The first-order valence-electron chi connectivity index (χ1n) is 10.9. The van der Waals surface area contributed by atoms with E-state index in [1.54, 1.807) is 23.0 Å². The molecular weight excluding hydrogens is 496 g/mol. The number of anilines is 2. The SMILES string of the molecule is C[C@@H](/C=C/CNC(=O)C1CCN(c2ncc(C(F)(F)F)cn2)CC1)Nc1cn[nH]c(=O)c1C(F)(F)F. The number of rotatable bonds is 7. The molecule has 3 heterocycles. The molecule has 15 heteroatoms. The summed E-state index contributed by atoms with van der Waals surface area (Å²) >= 11 is 0. The Morgan fingerprint density at radius 2 is 1.78 bits per heavy atom. The number of H-pyrrole nitrogens is 1. The minimum absolute atomic E-state index is 0.132. The van der Waals surface area contributed by atoms with Gasteiger partial charge in [0.05, 0.1) is 17.4 Å². The molecule has 0 aromatic carbocycles. The van der Waals surface area contributed by atoms with Crippen LogP contribution < -0.4 is 21.1 Å². The van der Waals surface area contributed by atoms with Gasteiger partial charge in [-0.15, -0.1) is 0 Å². The first kappa shape index (κ1) is 26.9. The molecular formula is C21H23F6N7O2. The lowest BCUT2D eigenvalue weighted by atomic mass is 9.96. The van der Waals surface area contributed by atoms with Crippen LogP contribution in [0.4, 0.5) is 38.0 Å². The molecule has 3 N–H and O–H groups in total. The van der Waals surface area contributed by atoms with Crippen LogP contribution in [0.1, 0.15) is 30.9 Å². The average Bonchev–Trinajstić information content (AvgIpc) is 2.80. The van der Waals surface area contributed by atoms with E-state index in [1.165, 1.54) is 6.08 Å². The maximum absolute atomic E-state index is 13.1. The van der Waals surface area contributed by atoms with Gasteiger partial charge in [0.2, 0.25) is 11.9 Å². The fraction of sp³-hybridized carbons (Fsp3) is 0.476. The van der Waals surface area contributed by atoms with E-state index < -0.39 is 40.8 Å². The molecule has 1 atom stereocenters. The molecule has 9 nitrogen and oxygen atoms in total. The van der Waals surface area contributed by atoms with Crippen LogP contribution in [0.5, 0.6) is 0 Å². The van der Waals surface area contributed by atoms with Gasteiger partial charge in [-0.25, -0.2) is 15.1 Å². The first-order chi connectivity index (χ1) is 16.9. The highest BCUT2D eigenvalue weighted by Crippen LogP contribution is 2.32. The van der Waals surface area contributed by atoms with E-state index in [0.29, 0.717) is 25.9 Å². The molecule has 1 aliphatic rings. The van der Waals surface area contributed by atoms with Crippen molar-refractivity contribution in [3.63, 3.8) is 0 Å². The summed E-state index contributed by atoms with van der Waals surface area (Å²) in [6, 6.07) is -0.599. The minimum atomic E-state index is -4.86. The summed E-state index contributed by atoms with van der Waals surface area (Å²) in [5.41, 5.74) is -4.13. The van der Waals surface area contributed by atoms with Crippen LogP contribution in [0.3, 0.4) is 0 Å². The Morgan fingerprint density at radius 1 is 1.14 bits per heavy atom. The first-order valence-corrected chi connectivity index (χ1v) is 10.9. The van der Waals surface area contributed by atoms with Crippen molar-refractivity contribution in [2.24, 2.45) is 5.92 Å². The van der Waals surface area contributed by atoms with E-state index in [1.807, 2.05) is 0 Å². The van der Waals surface area contributed by atoms with Gasteiger partial charge < -0.3 is 15.5 Å². The van der Waals surface area contributed by atoms with Crippen molar-refractivity contribution < 1.29 is 31.1 Å². The highest BCUT2D eigenvalue weighted by molar-refractivity contribution is 5.79. The molecule has 196 valence electrons. The Balaban J connectivity index is 1.45. The fourth-order valence-electron chi connectivity index (χ4n) is 3.63. The molecule has 0 spiro atoms. The number of aromatic amines is 1. The maximum atomic E-state index is 13.1. The molecule has 0 saturated carbocycles. The largest absolute Gasteiger partial charge is 0.423 e. The Labute approximate surface area is 201 Å². The van der Waals surface area contributed by atoms with Crippen LogP contribution in [-0.2, 0) is 17.1 Å². The summed E-state index contributed by atoms with van der Waals surface area (Å²) in [6.07, 6.45) is -3.06. The molecule has 1 amide bonds. The van der Waals surface area contributed by atoms with Gasteiger partial charge in [0.15, 0.2) is 0 Å². The van der Waals surface area contributed by atoms with Crippen molar-refractivity contribution in [1.29, 1.82) is 0 Å². The summed E-state index contributed by atoms with van der Waals surface area (Å²) in [5.74, 6) is -0.363. The molecule has 3 rings (SSSR count). The number of carbonyl (C=O) groups excluding carboxylic acids is 1. The van der Waals surface area contributed by atoms with Crippen molar-refractivity contribution in [2.75, 3.05) is 29.9 Å². The van der Waals surface area contributed by atoms with Crippen molar-refractivity contribution in [2.45, 2.75) is 38.2 Å². The highest BCUT2D eigenvalue weighted by atomic mass is 19.4. The van der Waals surface area contributed by atoms with Crippen molar-refractivity contribution >= 4 is 17.5 Å². The lowest BCUT2D eigenvalue weighted by molar-refractivity contribution is -0.139. The maximum Gasteiger partial charge on any atom is 0.423 e. The van der Waals surface area contributed by atoms with Gasteiger partial charge in [-0.05, 0) is 19.8 Å². The second-order valence-electron chi connectivity index (χ2n) is 8.12. The number of hydrogen-bond donors (Lipinski definition) is 3. The number of nitrogens with one attached hydrogen (secondary N) is 3. The number of aromatic nitrogens is 4. The Bertz CT molecular complexity index is 1120. The standard InChI is InChI=1S/C21H23F6N7O2/c1-12(32-15-11-31-33-18(36)16(15)21(25,26)27)3-2-6-28-17(35)13-4-7-34(8-5-13)19-29-9-14(10-30-19)20(22,23)24/h2-3,9-13H,4-8H2,1H3,(H,28,35)(H2,32,33,36)/b3-2+/t12-/m0/s1. The van der Waals surface area contributed by atoms with Gasteiger partial charge >= 0.3 is 12.4 Å². The van der Waals surface area contributed by atoms with Crippen LogP contribution >= 0.6 is 0 Å². The summed E-state index contributed by atoms with van der Waals surface area (Å²) in [7, 11) is 0. The molecule has 0 unspecified atom stereocenters. The zero-order valence-corrected chi connectivity index (χ0v) is 19.0. The Morgan fingerprint density at radius 3 is 2.36 bits per heavy atom. The summed E-state index contributed by atoms with van der Waals surface area (Å²) in [6.45, 7) is 2.49. The smallest absolute Gasteiger partial charge is 0.377 e. The summed E-state index contributed by atoms with van der Waals surface area (Å²) in [4.78, 5) is 33.2. The van der Waals surface area contributed by atoms with Gasteiger partial charge in [-0.2, -0.15) is 31.4 Å². The molecule has 0 radical (unpaired) electrons. The molecule has 2 aromatic rings. The molecule has 1 aliphatic heterocycles. The van der Waals surface area contributed by atoms with E-state index in [9.17, 15) is 35.9 Å². The third-order valence-electron chi connectivity index (χ3n) is 5.46. The fourth-order valence-corrected chi connectivity index (χ4v) is 3.63. The zero-order valence-electron chi connectivity index (χ0n) is 19.0. The van der Waals surface area contributed by atoms with Crippen LogP contribution in [-0.4, -0.2) is 51.7 Å². The lowest BCUT2D eigenvalue weighted by Gasteiger charge is -2.31. The molecule has 2 aromatic heterocycles. The van der Waals surface area contributed by atoms with Gasteiger partial charge in [-0.3, -0.25) is 9.59 Å². The normalized spacial score (nSPS) is 16.2. The minimum Gasteiger partial charge on any atom is -0.377 e. The summed E-state index contributed by atoms with van der Waals surface area (Å²) in [5, 5.41) is 10.4. The number of carbonyl (C=O) groups is 1. The number of halogens is 6. The quantitative estimate of drug-likeness (QED) is 0.381. The van der Waals surface area contributed by atoms with Crippen LogP contribution in [0.15, 0.2) is 35.5 Å². The Hall–Kier alpha value is -3.65. The van der Waals surface area contributed by atoms with E-state index in [-0.39, 0.29) is 24.3 Å². The van der Waals surface area contributed by atoms with Crippen molar-refractivity contribution in [3.05, 3.63) is 52.2 Å². The van der Waals surface area contributed by atoms with Gasteiger partial charge in [-0.1, -0.05) is 12.2 Å². The van der Waals surface area contributed by atoms with E-state index in [4.69, 9.17) is 0 Å². The number of nitrogens with zero attached hydrogens (tertiary/aromatic N) is 4. The number of hydrogen-bond acceptors (Lipinski definition) is 7. The molecule has 1 fully saturated rings. The molecule has 0 aliphatic carbocycles. The molecule has 36 heavy (non-hydrogen) atoms. The van der Waals surface area contributed by atoms with Crippen LogP contribution in [0.2, 0.25) is 0 Å².